The first kappa shape index (κ1) is 13.7. The van der Waals surface area contributed by atoms with Gasteiger partial charge in [0.05, 0.1) is 0 Å². The third kappa shape index (κ3) is 4.24. The lowest BCUT2D eigenvalue weighted by atomic mass is 10.2. The highest BCUT2D eigenvalue weighted by Crippen LogP contribution is 1.94. The Bertz CT molecular complexity index is 545. The van der Waals surface area contributed by atoms with E-state index >= 15 is 0 Å². The minimum absolute atomic E-state index is 0.0368. The van der Waals surface area contributed by atoms with Gasteiger partial charge in [-0.2, -0.15) is 0 Å². The van der Waals surface area contributed by atoms with E-state index in [-0.39, 0.29) is 18.5 Å². The molecule has 0 fully saturated rings. The summed E-state index contributed by atoms with van der Waals surface area (Å²) >= 11 is 0. The SMILES string of the molecule is O=C(O)CCCCNC(=O)c1c[nH]c(=O)[nH]c1=O. The summed E-state index contributed by atoms with van der Waals surface area (Å²) in [5.41, 5.74) is -1.63. The van der Waals surface area contributed by atoms with Crippen LogP contribution in [-0.2, 0) is 4.79 Å². The molecule has 0 unspecified atom stereocenters. The molecule has 0 radical (unpaired) electrons. The van der Waals surface area contributed by atoms with Crippen LogP contribution >= 0.6 is 0 Å². The summed E-state index contributed by atoms with van der Waals surface area (Å²) in [6.45, 7) is 0.269. The first-order valence-electron chi connectivity index (χ1n) is 5.32. The van der Waals surface area contributed by atoms with Gasteiger partial charge in [0.2, 0.25) is 0 Å². The summed E-state index contributed by atoms with van der Waals surface area (Å²) in [7, 11) is 0. The number of nitrogens with one attached hydrogen (secondary N) is 3. The van der Waals surface area contributed by atoms with Gasteiger partial charge in [-0.1, -0.05) is 0 Å². The fraction of sp³-hybridized carbons (Fsp3) is 0.400. The van der Waals surface area contributed by atoms with Gasteiger partial charge in [-0.3, -0.25) is 19.4 Å². The number of aliphatic carboxylic acids is 1. The summed E-state index contributed by atoms with van der Waals surface area (Å²) in [5.74, 6) is -1.50. The second-order valence-corrected chi connectivity index (χ2v) is 3.59. The molecule has 98 valence electrons. The van der Waals surface area contributed by atoms with Gasteiger partial charge in [-0.25, -0.2) is 4.79 Å². The molecule has 8 heteroatoms. The Morgan fingerprint density at radius 1 is 1.28 bits per heavy atom. The molecule has 1 aromatic heterocycles. The molecule has 0 aliphatic carbocycles. The van der Waals surface area contributed by atoms with Gasteiger partial charge in [0.15, 0.2) is 0 Å². The maximum Gasteiger partial charge on any atom is 0.325 e. The Hall–Kier alpha value is -2.38. The van der Waals surface area contributed by atoms with Crippen molar-refractivity contribution in [1.29, 1.82) is 0 Å². The van der Waals surface area contributed by atoms with E-state index in [1.165, 1.54) is 0 Å². The molecule has 0 aliphatic rings. The minimum Gasteiger partial charge on any atom is -0.481 e. The lowest BCUT2D eigenvalue weighted by Gasteiger charge is -2.03. The molecule has 0 saturated carbocycles. The largest absolute Gasteiger partial charge is 0.481 e. The Morgan fingerprint density at radius 2 is 2.00 bits per heavy atom. The van der Waals surface area contributed by atoms with E-state index in [9.17, 15) is 19.2 Å². The van der Waals surface area contributed by atoms with Gasteiger partial charge in [-0.15, -0.1) is 0 Å². The number of aromatic amines is 2. The average Bonchev–Trinajstić information content (AvgIpc) is 2.27. The van der Waals surface area contributed by atoms with Crippen LogP contribution < -0.4 is 16.6 Å². The molecule has 1 rings (SSSR count). The molecular formula is C10H13N3O5. The van der Waals surface area contributed by atoms with Crippen LogP contribution in [0.1, 0.15) is 29.6 Å². The zero-order chi connectivity index (χ0) is 13.5. The standard InChI is InChI=1S/C10H13N3O5/c14-7(15)3-1-2-4-11-8(16)6-5-12-10(18)13-9(6)17/h5H,1-4H2,(H,11,16)(H,14,15)(H2,12,13,17,18). The number of carbonyl (C=O) groups excluding carboxylic acids is 1. The smallest absolute Gasteiger partial charge is 0.325 e. The highest BCUT2D eigenvalue weighted by atomic mass is 16.4. The van der Waals surface area contributed by atoms with E-state index in [1.807, 2.05) is 4.98 Å². The van der Waals surface area contributed by atoms with Crippen molar-refractivity contribution in [2.24, 2.45) is 0 Å². The van der Waals surface area contributed by atoms with Crippen LogP contribution in [0, 0.1) is 0 Å². The molecule has 1 amide bonds. The van der Waals surface area contributed by atoms with Crippen LogP contribution in [0.3, 0.4) is 0 Å². The number of amides is 1. The topological polar surface area (TPSA) is 132 Å². The maximum absolute atomic E-state index is 11.5. The fourth-order valence-corrected chi connectivity index (χ4v) is 1.28. The number of rotatable bonds is 6. The summed E-state index contributed by atoms with van der Waals surface area (Å²) in [6.07, 6.45) is 2.01. The van der Waals surface area contributed by atoms with Crippen molar-refractivity contribution in [2.45, 2.75) is 19.3 Å². The first-order valence-corrected chi connectivity index (χ1v) is 5.32. The number of carbonyl (C=O) groups is 2. The van der Waals surface area contributed by atoms with Crippen LogP contribution in [0.5, 0.6) is 0 Å². The average molecular weight is 255 g/mol. The number of H-pyrrole nitrogens is 2. The quantitative estimate of drug-likeness (QED) is 0.486. The number of hydrogen-bond acceptors (Lipinski definition) is 4. The second kappa shape index (κ2) is 6.38. The minimum atomic E-state index is -0.890. The van der Waals surface area contributed by atoms with Crippen molar-refractivity contribution in [3.63, 3.8) is 0 Å². The highest BCUT2D eigenvalue weighted by Gasteiger charge is 2.09. The summed E-state index contributed by atoms with van der Waals surface area (Å²) in [6, 6.07) is 0. The summed E-state index contributed by atoms with van der Waals surface area (Å²) in [5, 5.41) is 10.9. The van der Waals surface area contributed by atoms with Crippen molar-refractivity contribution in [3.8, 4) is 0 Å². The number of aromatic nitrogens is 2. The van der Waals surface area contributed by atoms with Crippen molar-refractivity contribution >= 4 is 11.9 Å². The molecule has 18 heavy (non-hydrogen) atoms. The van der Waals surface area contributed by atoms with Crippen LogP contribution in [0.15, 0.2) is 15.8 Å². The summed E-state index contributed by atoms with van der Waals surface area (Å²) in [4.78, 5) is 47.8. The number of carboxylic acid groups (broad SMARTS) is 1. The van der Waals surface area contributed by atoms with E-state index in [0.29, 0.717) is 12.8 Å². The van der Waals surface area contributed by atoms with Crippen molar-refractivity contribution in [2.75, 3.05) is 6.54 Å². The van der Waals surface area contributed by atoms with Gasteiger partial charge in [0.1, 0.15) is 5.56 Å². The molecule has 0 spiro atoms. The Balaban J connectivity index is 2.44. The molecule has 0 atom stereocenters. The van der Waals surface area contributed by atoms with E-state index in [4.69, 9.17) is 5.11 Å². The van der Waals surface area contributed by atoms with Crippen molar-refractivity contribution in [1.82, 2.24) is 15.3 Å². The van der Waals surface area contributed by atoms with E-state index in [2.05, 4.69) is 10.3 Å². The predicted molar refractivity (Wildman–Crippen MR) is 61.5 cm³/mol. The third-order valence-corrected chi connectivity index (χ3v) is 2.17. The second-order valence-electron chi connectivity index (χ2n) is 3.59. The van der Waals surface area contributed by atoms with Gasteiger partial charge in [0.25, 0.3) is 11.5 Å². The molecule has 8 nitrogen and oxygen atoms in total. The van der Waals surface area contributed by atoms with Gasteiger partial charge >= 0.3 is 11.7 Å². The third-order valence-electron chi connectivity index (χ3n) is 2.17. The summed E-state index contributed by atoms with van der Waals surface area (Å²) < 4.78 is 0. The lowest BCUT2D eigenvalue weighted by Crippen LogP contribution is -2.33. The van der Waals surface area contributed by atoms with Crippen LogP contribution in [0.25, 0.3) is 0 Å². The molecule has 1 heterocycles. The monoisotopic (exact) mass is 255 g/mol. The highest BCUT2D eigenvalue weighted by molar-refractivity contribution is 5.93. The molecule has 0 aliphatic heterocycles. The molecule has 1 aromatic rings. The lowest BCUT2D eigenvalue weighted by molar-refractivity contribution is -0.137. The van der Waals surface area contributed by atoms with Crippen molar-refractivity contribution < 1.29 is 14.7 Å². The normalized spacial score (nSPS) is 10.0. The zero-order valence-electron chi connectivity index (χ0n) is 9.49. The number of hydrogen-bond donors (Lipinski definition) is 4. The van der Waals surface area contributed by atoms with E-state index < -0.39 is 23.1 Å². The first-order chi connectivity index (χ1) is 8.50. The van der Waals surface area contributed by atoms with Crippen molar-refractivity contribution in [3.05, 3.63) is 32.6 Å². The van der Waals surface area contributed by atoms with Crippen LogP contribution in [-0.4, -0.2) is 33.5 Å². The van der Waals surface area contributed by atoms with Crippen LogP contribution in [0.4, 0.5) is 0 Å². The molecule has 0 aromatic carbocycles. The van der Waals surface area contributed by atoms with Gasteiger partial charge in [0, 0.05) is 19.2 Å². The molecule has 4 N–H and O–H groups in total. The number of carboxylic acids is 1. The Labute approximate surface area is 101 Å². The van der Waals surface area contributed by atoms with Gasteiger partial charge in [-0.05, 0) is 12.8 Å². The van der Waals surface area contributed by atoms with E-state index in [0.717, 1.165) is 6.20 Å². The maximum atomic E-state index is 11.5. The predicted octanol–water partition coefficient (Wildman–Crippen LogP) is -0.952. The van der Waals surface area contributed by atoms with Crippen LogP contribution in [0.2, 0.25) is 0 Å². The molecular weight excluding hydrogens is 242 g/mol. The zero-order valence-corrected chi connectivity index (χ0v) is 9.49. The van der Waals surface area contributed by atoms with Gasteiger partial charge < -0.3 is 15.4 Å². The molecule has 0 bridgehead atoms. The Morgan fingerprint density at radius 3 is 2.61 bits per heavy atom. The molecule has 0 saturated heterocycles. The van der Waals surface area contributed by atoms with E-state index in [1.54, 1.807) is 0 Å². The number of unbranched alkanes of at least 4 members (excludes halogenated alkanes) is 1. The fourth-order valence-electron chi connectivity index (χ4n) is 1.28. The Kier molecular flexibility index (Phi) is 4.85.